The topological polar surface area (TPSA) is 65.4 Å². The standard InChI is InChI=1S/C21H23N3O3/c1-3-26-19-8-10-20(11-9-19)27-15-14-22-21(25)17-4-6-18(7-5-17)24-16(2)12-13-23-24/h4-13H,3,14-15H2,1-2H3,(H,22,25). The highest BCUT2D eigenvalue weighted by Crippen LogP contribution is 2.17. The number of aryl methyl sites for hydroxylation is 1. The van der Waals surface area contributed by atoms with E-state index in [1.54, 1.807) is 18.3 Å². The molecule has 6 heteroatoms. The molecule has 0 aliphatic rings. The lowest BCUT2D eigenvalue weighted by atomic mass is 10.2. The molecule has 1 heterocycles. The molecule has 3 aromatic rings. The summed E-state index contributed by atoms with van der Waals surface area (Å²) in [5.74, 6) is 1.42. The maximum Gasteiger partial charge on any atom is 0.251 e. The van der Waals surface area contributed by atoms with Crippen LogP contribution in [0.5, 0.6) is 11.5 Å². The Balaban J connectivity index is 1.46. The summed E-state index contributed by atoms with van der Waals surface area (Å²) in [7, 11) is 0. The zero-order valence-electron chi connectivity index (χ0n) is 15.5. The van der Waals surface area contributed by atoms with Gasteiger partial charge in [0.15, 0.2) is 0 Å². The van der Waals surface area contributed by atoms with Gasteiger partial charge in [0.05, 0.1) is 18.8 Å². The van der Waals surface area contributed by atoms with E-state index in [0.717, 1.165) is 22.9 Å². The van der Waals surface area contributed by atoms with Crippen LogP contribution in [0, 0.1) is 6.92 Å². The van der Waals surface area contributed by atoms with Gasteiger partial charge in [-0.15, -0.1) is 0 Å². The summed E-state index contributed by atoms with van der Waals surface area (Å²) >= 11 is 0. The Morgan fingerprint density at radius 2 is 1.67 bits per heavy atom. The number of nitrogens with one attached hydrogen (secondary N) is 1. The molecule has 0 atom stereocenters. The van der Waals surface area contributed by atoms with Crippen LogP contribution in [0.3, 0.4) is 0 Å². The minimum Gasteiger partial charge on any atom is -0.494 e. The number of amides is 1. The smallest absolute Gasteiger partial charge is 0.251 e. The van der Waals surface area contributed by atoms with E-state index in [-0.39, 0.29) is 5.91 Å². The van der Waals surface area contributed by atoms with E-state index >= 15 is 0 Å². The van der Waals surface area contributed by atoms with E-state index in [4.69, 9.17) is 9.47 Å². The molecule has 0 saturated carbocycles. The lowest BCUT2D eigenvalue weighted by Gasteiger charge is -2.09. The molecule has 27 heavy (non-hydrogen) atoms. The highest BCUT2D eigenvalue weighted by Gasteiger charge is 2.06. The first kappa shape index (κ1) is 18.5. The van der Waals surface area contributed by atoms with Gasteiger partial charge in [-0.2, -0.15) is 5.10 Å². The molecular weight excluding hydrogens is 342 g/mol. The van der Waals surface area contributed by atoms with Crippen molar-refractivity contribution >= 4 is 5.91 Å². The van der Waals surface area contributed by atoms with Crippen molar-refractivity contribution in [3.8, 4) is 17.2 Å². The van der Waals surface area contributed by atoms with Crippen molar-refractivity contribution in [2.24, 2.45) is 0 Å². The summed E-state index contributed by atoms with van der Waals surface area (Å²) < 4.78 is 12.8. The fourth-order valence-electron chi connectivity index (χ4n) is 2.63. The lowest BCUT2D eigenvalue weighted by molar-refractivity contribution is 0.0947. The Bertz CT molecular complexity index is 870. The number of nitrogens with zero attached hydrogens (tertiary/aromatic N) is 2. The molecule has 0 bridgehead atoms. The van der Waals surface area contributed by atoms with Gasteiger partial charge in [-0.3, -0.25) is 4.79 Å². The fourth-order valence-corrected chi connectivity index (χ4v) is 2.63. The molecule has 0 saturated heterocycles. The van der Waals surface area contributed by atoms with Crippen LogP contribution < -0.4 is 14.8 Å². The average Bonchev–Trinajstić information content (AvgIpc) is 3.12. The summed E-state index contributed by atoms with van der Waals surface area (Å²) in [5, 5.41) is 7.11. The maximum absolute atomic E-state index is 12.2. The number of rotatable bonds is 8. The third kappa shape index (κ3) is 4.88. The molecule has 3 rings (SSSR count). The van der Waals surface area contributed by atoms with Crippen molar-refractivity contribution in [2.75, 3.05) is 19.8 Å². The number of hydrogen-bond acceptors (Lipinski definition) is 4. The van der Waals surface area contributed by atoms with Crippen LogP contribution in [0.15, 0.2) is 60.8 Å². The minimum absolute atomic E-state index is 0.131. The van der Waals surface area contributed by atoms with Crippen LogP contribution in [0.4, 0.5) is 0 Å². The van der Waals surface area contributed by atoms with Gasteiger partial charge in [0.1, 0.15) is 18.1 Å². The predicted molar refractivity (Wildman–Crippen MR) is 104 cm³/mol. The molecule has 0 fully saturated rings. The average molecular weight is 365 g/mol. The van der Waals surface area contributed by atoms with Gasteiger partial charge in [0.2, 0.25) is 0 Å². The van der Waals surface area contributed by atoms with Crippen LogP contribution in [-0.2, 0) is 0 Å². The molecule has 1 N–H and O–H groups in total. The molecule has 1 aromatic heterocycles. The number of benzene rings is 2. The van der Waals surface area contributed by atoms with E-state index in [1.165, 1.54) is 0 Å². The van der Waals surface area contributed by atoms with Crippen molar-refractivity contribution in [1.82, 2.24) is 15.1 Å². The van der Waals surface area contributed by atoms with Gasteiger partial charge >= 0.3 is 0 Å². The summed E-state index contributed by atoms with van der Waals surface area (Å²) in [5.41, 5.74) is 2.57. The van der Waals surface area contributed by atoms with E-state index in [1.807, 2.05) is 61.0 Å². The summed E-state index contributed by atoms with van der Waals surface area (Å²) in [6.07, 6.45) is 1.75. The molecule has 1 amide bonds. The van der Waals surface area contributed by atoms with Gasteiger partial charge < -0.3 is 14.8 Å². The van der Waals surface area contributed by atoms with E-state index < -0.39 is 0 Å². The molecule has 140 valence electrons. The highest BCUT2D eigenvalue weighted by atomic mass is 16.5. The Kier molecular flexibility index (Phi) is 6.10. The maximum atomic E-state index is 12.2. The lowest BCUT2D eigenvalue weighted by Crippen LogP contribution is -2.28. The first-order valence-corrected chi connectivity index (χ1v) is 8.92. The Morgan fingerprint density at radius 3 is 2.26 bits per heavy atom. The van der Waals surface area contributed by atoms with Gasteiger partial charge in [-0.25, -0.2) is 4.68 Å². The number of ether oxygens (including phenoxy) is 2. The van der Waals surface area contributed by atoms with E-state index in [0.29, 0.717) is 25.3 Å². The van der Waals surface area contributed by atoms with Gasteiger partial charge in [0.25, 0.3) is 5.91 Å². The van der Waals surface area contributed by atoms with Crippen molar-refractivity contribution in [3.63, 3.8) is 0 Å². The normalized spacial score (nSPS) is 10.4. The summed E-state index contributed by atoms with van der Waals surface area (Å²) in [6.45, 7) is 5.38. The zero-order chi connectivity index (χ0) is 19.1. The third-order valence-electron chi connectivity index (χ3n) is 4.00. The second-order valence-corrected chi connectivity index (χ2v) is 5.94. The second-order valence-electron chi connectivity index (χ2n) is 5.94. The third-order valence-corrected chi connectivity index (χ3v) is 4.00. The van der Waals surface area contributed by atoms with Gasteiger partial charge in [-0.05, 0) is 68.4 Å². The summed E-state index contributed by atoms with van der Waals surface area (Å²) in [6, 6.07) is 16.7. The molecule has 0 aliphatic carbocycles. The van der Waals surface area contributed by atoms with Crippen LogP contribution in [0.25, 0.3) is 5.69 Å². The SMILES string of the molecule is CCOc1ccc(OCCNC(=O)c2ccc(-n3nccc3C)cc2)cc1. The van der Waals surface area contributed by atoms with Crippen molar-refractivity contribution in [1.29, 1.82) is 0 Å². The van der Waals surface area contributed by atoms with E-state index in [9.17, 15) is 4.79 Å². The van der Waals surface area contributed by atoms with Gasteiger partial charge in [0, 0.05) is 17.5 Å². The molecule has 0 unspecified atom stereocenters. The second kappa shape index (κ2) is 8.89. The van der Waals surface area contributed by atoms with Crippen molar-refractivity contribution < 1.29 is 14.3 Å². The molecule has 0 radical (unpaired) electrons. The number of aromatic nitrogens is 2. The number of hydrogen-bond donors (Lipinski definition) is 1. The molecule has 6 nitrogen and oxygen atoms in total. The molecule has 0 spiro atoms. The van der Waals surface area contributed by atoms with Crippen LogP contribution in [0.2, 0.25) is 0 Å². The molecule has 0 aliphatic heterocycles. The van der Waals surface area contributed by atoms with Crippen molar-refractivity contribution in [2.45, 2.75) is 13.8 Å². The van der Waals surface area contributed by atoms with Crippen molar-refractivity contribution in [3.05, 3.63) is 72.1 Å². The predicted octanol–water partition coefficient (Wildman–Crippen LogP) is 3.39. The highest BCUT2D eigenvalue weighted by molar-refractivity contribution is 5.94. The van der Waals surface area contributed by atoms with E-state index in [2.05, 4.69) is 10.4 Å². The minimum atomic E-state index is -0.131. The quantitative estimate of drug-likeness (QED) is 0.622. The Morgan fingerprint density at radius 1 is 1.00 bits per heavy atom. The molecular formula is C21H23N3O3. The number of carbonyl (C=O) groups is 1. The van der Waals surface area contributed by atoms with Gasteiger partial charge in [-0.1, -0.05) is 0 Å². The molecule has 2 aromatic carbocycles. The summed E-state index contributed by atoms with van der Waals surface area (Å²) in [4.78, 5) is 12.2. The van der Waals surface area contributed by atoms with Crippen LogP contribution >= 0.6 is 0 Å². The first-order valence-electron chi connectivity index (χ1n) is 8.92. The monoisotopic (exact) mass is 365 g/mol. The largest absolute Gasteiger partial charge is 0.494 e. The Hall–Kier alpha value is -3.28. The first-order chi connectivity index (χ1) is 13.2. The Labute approximate surface area is 158 Å². The van der Waals surface area contributed by atoms with Crippen LogP contribution in [-0.4, -0.2) is 35.4 Å². The van der Waals surface area contributed by atoms with Crippen LogP contribution in [0.1, 0.15) is 23.0 Å². The zero-order valence-corrected chi connectivity index (χ0v) is 15.5. The number of carbonyl (C=O) groups excluding carboxylic acids is 1. The fraction of sp³-hybridized carbons (Fsp3) is 0.238.